The minimum absolute atomic E-state index is 0.0912. The number of rotatable bonds is 4. The van der Waals surface area contributed by atoms with Crippen LogP contribution < -0.4 is 9.49 Å². The lowest BCUT2D eigenvalue weighted by Crippen LogP contribution is -2.29. The van der Waals surface area contributed by atoms with Crippen molar-refractivity contribution in [2.24, 2.45) is 0 Å². The van der Waals surface area contributed by atoms with E-state index in [0.29, 0.717) is 22.5 Å². The molecular formula is C23H19BrN6O. The van der Waals surface area contributed by atoms with Crippen molar-refractivity contribution in [3.63, 3.8) is 0 Å². The molecule has 3 heterocycles. The number of halogens is 1. The summed E-state index contributed by atoms with van der Waals surface area (Å²) in [6.45, 7) is 3.92. The summed E-state index contributed by atoms with van der Waals surface area (Å²) in [6.07, 6.45) is 3.34. The third-order valence-corrected chi connectivity index (χ3v) is 6.35. The number of anilines is 1. The molecule has 1 unspecified atom stereocenters. The average Bonchev–Trinajstić information content (AvgIpc) is 3.27. The maximum atomic E-state index is 13.7. The number of aromatic nitrogens is 5. The van der Waals surface area contributed by atoms with Crippen LogP contribution >= 0.6 is 16.1 Å². The first-order valence-electron chi connectivity index (χ1n) is 9.87. The highest BCUT2D eigenvalue weighted by Crippen LogP contribution is 2.33. The van der Waals surface area contributed by atoms with E-state index in [1.165, 1.54) is 6.33 Å². The Labute approximate surface area is 186 Å². The highest BCUT2D eigenvalue weighted by Gasteiger charge is 2.25. The number of hydrogen-bond donors (Lipinski definition) is 1. The summed E-state index contributed by atoms with van der Waals surface area (Å²) in [6, 6.07) is 16.9. The lowest BCUT2D eigenvalue weighted by Gasteiger charge is -2.26. The second-order valence-electron chi connectivity index (χ2n) is 7.34. The highest BCUT2D eigenvalue weighted by molar-refractivity contribution is 9.10. The predicted molar refractivity (Wildman–Crippen MR) is 126 cm³/mol. The van der Waals surface area contributed by atoms with Crippen molar-refractivity contribution in [3.05, 3.63) is 88.9 Å². The van der Waals surface area contributed by atoms with Crippen LogP contribution in [0.4, 0.5) is 5.82 Å². The maximum Gasteiger partial charge on any atom is 0.266 e. The molecule has 31 heavy (non-hydrogen) atoms. The Bertz CT molecular complexity index is 1460. The summed E-state index contributed by atoms with van der Waals surface area (Å²) in [4.78, 5) is 30.4. The first kappa shape index (κ1) is 19.4. The molecule has 0 radical (unpaired) electrons. The Morgan fingerprint density at radius 2 is 1.87 bits per heavy atom. The van der Waals surface area contributed by atoms with E-state index in [1.807, 2.05) is 78.6 Å². The molecule has 0 bridgehead atoms. The largest absolute Gasteiger partial charge is 0.346 e. The molecule has 1 atom stereocenters. The van der Waals surface area contributed by atoms with Crippen LogP contribution in [0.1, 0.15) is 24.4 Å². The van der Waals surface area contributed by atoms with Crippen molar-refractivity contribution in [1.82, 2.24) is 24.5 Å². The van der Waals surface area contributed by atoms with Gasteiger partial charge in [0.25, 0.3) is 5.56 Å². The van der Waals surface area contributed by atoms with Crippen molar-refractivity contribution in [3.8, 4) is 5.69 Å². The van der Waals surface area contributed by atoms with Gasteiger partial charge in [-0.1, -0.05) is 30.3 Å². The van der Waals surface area contributed by atoms with E-state index in [2.05, 4.69) is 31.1 Å². The molecule has 5 aromatic rings. The minimum Gasteiger partial charge on any atom is -0.346 e. The van der Waals surface area contributed by atoms with Crippen LogP contribution in [-0.2, 0) is 0 Å². The molecule has 7 nitrogen and oxygen atoms in total. The van der Waals surface area contributed by atoms with Gasteiger partial charge in [-0.15, -0.1) is 0 Å². The smallest absolute Gasteiger partial charge is 0.266 e. The van der Waals surface area contributed by atoms with Gasteiger partial charge in [0.05, 0.1) is 44.2 Å². The monoisotopic (exact) mass is 474 g/mol. The minimum atomic E-state index is -0.314. The van der Waals surface area contributed by atoms with Crippen LogP contribution in [0.25, 0.3) is 27.6 Å². The fourth-order valence-electron chi connectivity index (χ4n) is 3.83. The van der Waals surface area contributed by atoms with E-state index in [9.17, 15) is 4.79 Å². The van der Waals surface area contributed by atoms with Crippen molar-refractivity contribution < 1.29 is 0 Å². The molecule has 1 N–H and O–H groups in total. The Kier molecular flexibility index (Phi) is 4.78. The van der Waals surface area contributed by atoms with Crippen LogP contribution in [0.2, 0.25) is 0 Å². The Morgan fingerprint density at radius 3 is 2.68 bits per heavy atom. The lowest BCUT2D eigenvalue weighted by molar-refractivity contribution is 0.702. The average molecular weight is 475 g/mol. The third kappa shape index (κ3) is 3.19. The molecule has 0 aliphatic rings. The SMILES string of the molecule is Cc1cccc2nc(C(C)N(Br)c3ncnc4[nH]ccc34)n(-c3ccccc3)c(=O)c12. The van der Waals surface area contributed by atoms with E-state index >= 15 is 0 Å². The molecule has 0 saturated heterocycles. The second kappa shape index (κ2) is 7.63. The fourth-order valence-corrected chi connectivity index (χ4v) is 4.30. The summed E-state index contributed by atoms with van der Waals surface area (Å²) in [5.74, 6) is 1.30. The van der Waals surface area contributed by atoms with Crippen molar-refractivity contribution in [2.45, 2.75) is 19.9 Å². The van der Waals surface area contributed by atoms with Crippen LogP contribution in [0.15, 0.2) is 71.9 Å². The molecule has 8 heteroatoms. The van der Waals surface area contributed by atoms with E-state index in [-0.39, 0.29) is 11.6 Å². The molecule has 154 valence electrons. The topological polar surface area (TPSA) is 79.7 Å². The van der Waals surface area contributed by atoms with Gasteiger partial charge in [0.2, 0.25) is 0 Å². The van der Waals surface area contributed by atoms with Gasteiger partial charge >= 0.3 is 0 Å². The number of nitrogens with zero attached hydrogens (tertiary/aromatic N) is 5. The summed E-state index contributed by atoms with van der Waals surface area (Å²) in [5, 5.41) is 1.50. The molecule has 0 aliphatic heterocycles. The molecule has 5 rings (SSSR count). The molecule has 0 amide bonds. The van der Waals surface area contributed by atoms with Crippen LogP contribution in [-0.4, -0.2) is 24.5 Å². The van der Waals surface area contributed by atoms with Crippen LogP contribution in [0, 0.1) is 6.92 Å². The molecule has 0 spiro atoms. The summed E-state index contributed by atoms with van der Waals surface area (Å²) >= 11 is 3.68. The van der Waals surface area contributed by atoms with Gasteiger partial charge in [0.15, 0.2) is 5.82 Å². The summed E-state index contributed by atoms with van der Waals surface area (Å²) < 4.78 is 3.53. The Hall–Kier alpha value is -3.52. The quantitative estimate of drug-likeness (QED) is 0.376. The lowest BCUT2D eigenvalue weighted by atomic mass is 10.1. The number of H-pyrrole nitrogens is 1. The number of aromatic amines is 1. The zero-order valence-electron chi connectivity index (χ0n) is 17.0. The van der Waals surface area contributed by atoms with Gasteiger partial charge < -0.3 is 4.98 Å². The predicted octanol–water partition coefficient (Wildman–Crippen LogP) is 4.84. The molecule has 0 aliphatic carbocycles. The fraction of sp³-hybridized carbons (Fsp3) is 0.130. The number of fused-ring (bicyclic) bond motifs is 2. The van der Waals surface area contributed by atoms with Gasteiger partial charge in [0, 0.05) is 6.20 Å². The first-order chi connectivity index (χ1) is 15.1. The van der Waals surface area contributed by atoms with Gasteiger partial charge in [0.1, 0.15) is 17.8 Å². The third-order valence-electron chi connectivity index (χ3n) is 5.40. The molecular weight excluding hydrogens is 456 g/mol. The first-order valence-corrected chi connectivity index (χ1v) is 10.6. The van der Waals surface area contributed by atoms with Crippen molar-refractivity contribution in [2.75, 3.05) is 3.93 Å². The van der Waals surface area contributed by atoms with Gasteiger partial charge in [-0.05, 0) is 43.7 Å². The number of nitrogens with one attached hydrogen (secondary N) is 1. The Morgan fingerprint density at radius 1 is 1.06 bits per heavy atom. The molecule has 0 fully saturated rings. The number of benzene rings is 2. The van der Waals surface area contributed by atoms with E-state index in [4.69, 9.17) is 4.98 Å². The van der Waals surface area contributed by atoms with E-state index < -0.39 is 0 Å². The molecule has 3 aromatic heterocycles. The summed E-state index contributed by atoms with van der Waals surface area (Å²) in [5.41, 5.74) is 2.99. The zero-order chi connectivity index (χ0) is 21.5. The standard InChI is InChI=1S/C23H19BrN6O/c1-14-7-6-10-18-19(14)23(31)29(16-8-4-3-5-9-16)21(28-18)15(2)30(24)22-17-11-12-25-20(17)26-13-27-22/h3-13,15H,1-2H3,(H,25,26,27). The second-order valence-corrected chi connectivity index (χ2v) is 8.10. The molecule has 0 saturated carbocycles. The van der Waals surface area contributed by atoms with E-state index in [1.54, 1.807) is 4.57 Å². The van der Waals surface area contributed by atoms with Gasteiger partial charge in [-0.2, -0.15) is 0 Å². The van der Waals surface area contributed by atoms with E-state index in [0.717, 1.165) is 22.3 Å². The van der Waals surface area contributed by atoms with Crippen molar-refractivity contribution in [1.29, 1.82) is 0 Å². The zero-order valence-corrected chi connectivity index (χ0v) is 18.5. The van der Waals surface area contributed by atoms with Gasteiger partial charge in [-0.3, -0.25) is 13.3 Å². The maximum absolute atomic E-state index is 13.7. The summed E-state index contributed by atoms with van der Waals surface area (Å²) in [7, 11) is 0. The van der Waals surface area contributed by atoms with Crippen molar-refractivity contribution >= 4 is 43.9 Å². The van der Waals surface area contributed by atoms with Gasteiger partial charge in [-0.25, -0.2) is 15.0 Å². The van der Waals surface area contributed by atoms with Crippen LogP contribution in [0.3, 0.4) is 0 Å². The highest BCUT2D eigenvalue weighted by atomic mass is 79.9. The normalized spacial score (nSPS) is 12.4. The number of para-hydroxylation sites is 1. The molecule has 2 aromatic carbocycles. The number of aryl methyl sites for hydroxylation is 1. The Balaban J connectivity index is 1.75. The number of hydrogen-bond acceptors (Lipinski definition) is 5. The van der Waals surface area contributed by atoms with Crippen LogP contribution in [0.5, 0.6) is 0 Å².